The van der Waals surface area contributed by atoms with Crippen LogP contribution in [0.15, 0.2) is 34.7 Å². The fourth-order valence-corrected chi connectivity index (χ4v) is 3.78. The van der Waals surface area contributed by atoms with E-state index in [2.05, 4.69) is 20.5 Å². The highest BCUT2D eigenvalue weighted by atomic mass is 35.5. The van der Waals surface area contributed by atoms with Gasteiger partial charge in [-0.1, -0.05) is 23.7 Å². The van der Waals surface area contributed by atoms with Crippen molar-refractivity contribution in [3.05, 3.63) is 50.2 Å². The van der Waals surface area contributed by atoms with E-state index in [0.29, 0.717) is 0 Å². The third kappa shape index (κ3) is 3.77. The molecule has 7 heteroatoms. The number of hydrogen-bond acceptors (Lipinski definition) is 6. The first-order chi connectivity index (χ1) is 11.0. The molecule has 0 spiro atoms. The van der Waals surface area contributed by atoms with Gasteiger partial charge in [0.25, 0.3) is 0 Å². The molecule has 0 atom stereocenters. The quantitative estimate of drug-likeness (QED) is 0.501. The van der Waals surface area contributed by atoms with E-state index >= 15 is 0 Å². The number of nitrogens with zero attached hydrogens (tertiary/aromatic N) is 3. The molecule has 0 aliphatic heterocycles. The summed E-state index contributed by atoms with van der Waals surface area (Å²) in [7, 11) is 0. The van der Waals surface area contributed by atoms with E-state index in [1.165, 1.54) is 11.3 Å². The number of halogens is 1. The second-order valence-corrected chi connectivity index (χ2v) is 7.50. The largest absolute Gasteiger partial charge is 0.252 e. The fraction of sp³-hybridized carbons (Fsp3) is 0.188. The summed E-state index contributed by atoms with van der Waals surface area (Å²) in [5.41, 5.74) is 6.90. The summed E-state index contributed by atoms with van der Waals surface area (Å²) in [4.78, 5) is 10.1. The van der Waals surface area contributed by atoms with Gasteiger partial charge in [-0.05, 0) is 32.9 Å². The van der Waals surface area contributed by atoms with E-state index in [0.717, 1.165) is 42.7 Å². The Bertz CT molecular complexity index is 849. The van der Waals surface area contributed by atoms with Crippen LogP contribution in [0.4, 0.5) is 5.13 Å². The molecule has 0 amide bonds. The Morgan fingerprint density at radius 2 is 1.91 bits per heavy atom. The molecule has 0 unspecified atom stereocenters. The molecule has 2 heterocycles. The zero-order chi connectivity index (χ0) is 16.4. The van der Waals surface area contributed by atoms with Crippen LogP contribution < -0.4 is 5.43 Å². The Balaban J connectivity index is 1.75. The Hall–Kier alpha value is -1.76. The summed E-state index contributed by atoms with van der Waals surface area (Å²) in [5, 5.41) is 8.95. The van der Waals surface area contributed by atoms with Crippen molar-refractivity contribution in [2.24, 2.45) is 5.10 Å². The summed E-state index contributed by atoms with van der Waals surface area (Å²) in [6.45, 7) is 5.97. The lowest BCUT2D eigenvalue weighted by Gasteiger charge is -1.99. The molecule has 118 valence electrons. The van der Waals surface area contributed by atoms with Gasteiger partial charge in [-0.25, -0.2) is 9.97 Å². The minimum atomic E-state index is 0.720. The molecule has 1 N–H and O–H groups in total. The number of thiazole rings is 2. The third-order valence-electron chi connectivity index (χ3n) is 3.20. The summed E-state index contributed by atoms with van der Waals surface area (Å²) < 4.78 is 0. The van der Waals surface area contributed by atoms with Crippen LogP contribution in [-0.2, 0) is 0 Å². The van der Waals surface area contributed by atoms with Gasteiger partial charge in [-0.3, -0.25) is 5.43 Å². The van der Waals surface area contributed by atoms with Crippen molar-refractivity contribution in [3.8, 4) is 11.3 Å². The van der Waals surface area contributed by atoms with Crippen LogP contribution in [-0.4, -0.2) is 15.7 Å². The smallest absolute Gasteiger partial charge is 0.203 e. The number of hydrazone groups is 1. The van der Waals surface area contributed by atoms with E-state index in [4.69, 9.17) is 11.6 Å². The van der Waals surface area contributed by atoms with E-state index in [1.807, 2.05) is 50.4 Å². The first-order valence-electron chi connectivity index (χ1n) is 6.99. The standard InChI is InChI=1S/C16H15ClN4S2/c1-9-15(23-11(3)18-9)10(2)20-21-16-19-14(8-22-16)12-4-6-13(17)7-5-12/h4-8H,1-3H3,(H,19,21)/b20-10+. The molecule has 0 fully saturated rings. The molecular formula is C16H15ClN4S2. The predicted molar refractivity (Wildman–Crippen MR) is 100.0 cm³/mol. The molecule has 4 nitrogen and oxygen atoms in total. The molecule has 1 aromatic carbocycles. The van der Waals surface area contributed by atoms with Crippen molar-refractivity contribution >= 4 is 45.1 Å². The Morgan fingerprint density at radius 1 is 1.17 bits per heavy atom. The average Bonchev–Trinajstić information content (AvgIpc) is 3.12. The van der Waals surface area contributed by atoms with Gasteiger partial charge >= 0.3 is 0 Å². The Morgan fingerprint density at radius 3 is 2.57 bits per heavy atom. The van der Waals surface area contributed by atoms with Gasteiger partial charge in [0.1, 0.15) is 0 Å². The maximum Gasteiger partial charge on any atom is 0.203 e. The lowest BCUT2D eigenvalue weighted by atomic mass is 10.2. The monoisotopic (exact) mass is 362 g/mol. The van der Waals surface area contributed by atoms with Crippen LogP contribution in [0.2, 0.25) is 5.02 Å². The van der Waals surface area contributed by atoms with Gasteiger partial charge < -0.3 is 0 Å². The lowest BCUT2D eigenvalue weighted by molar-refractivity contribution is 1.19. The van der Waals surface area contributed by atoms with Gasteiger partial charge in [-0.15, -0.1) is 22.7 Å². The number of anilines is 1. The van der Waals surface area contributed by atoms with Gasteiger partial charge in [0.15, 0.2) is 0 Å². The topological polar surface area (TPSA) is 50.2 Å². The second kappa shape index (κ2) is 6.78. The summed E-state index contributed by atoms with van der Waals surface area (Å²) in [5.74, 6) is 0. The molecule has 0 aliphatic carbocycles. The number of aryl methyl sites for hydroxylation is 2. The highest BCUT2D eigenvalue weighted by molar-refractivity contribution is 7.14. The average molecular weight is 363 g/mol. The van der Waals surface area contributed by atoms with Crippen LogP contribution in [0.3, 0.4) is 0 Å². The number of nitrogens with one attached hydrogen (secondary N) is 1. The van der Waals surface area contributed by atoms with Crippen molar-refractivity contribution in [3.63, 3.8) is 0 Å². The van der Waals surface area contributed by atoms with E-state index < -0.39 is 0 Å². The third-order valence-corrected chi connectivity index (χ3v) is 5.38. The molecule has 0 aliphatic rings. The number of aromatic nitrogens is 2. The zero-order valence-corrected chi connectivity index (χ0v) is 15.3. The van der Waals surface area contributed by atoms with Crippen LogP contribution in [0.1, 0.15) is 22.5 Å². The fourth-order valence-electron chi connectivity index (χ4n) is 2.13. The van der Waals surface area contributed by atoms with Crippen molar-refractivity contribution in [2.45, 2.75) is 20.8 Å². The van der Waals surface area contributed by atoms with E-state index in [1.54, 1.807) is 11.3 Å². The van der Waals surface area contributed by atoms with E-state index in [9.17, 15) is 0 Å². The van der Waals surface area contributed by atoms with Gasteiger partial charge in [0, 0.05) is 16.0 Å². The molecule has 3 aromatic rings. The minimum absolute atomic E-state index is 0.720. The first-order valence-corrected chi connectivity index (χ1v) is 9.06. The number of benzene rings is 1. The predicted octanol–water partition coefficient (Wildman–Crippen LogP) is 5.37. The molecule has 23 heavy (non-hydrogen) atoms. The summed E-state index contributed by atoms with van der Waals surface area (Å²) >= 11 is 9.08. The highest BCUT2D eigenvalue weighted by Crippen LogP contribution is 2.26. The molecular weight excluding hydrogens is 348 g/mol. The number of rotatable bonds is 4. The highest BCUT2D eigenvalue weighted by Gasteiger charge is 2.08. The zero-order valence-electron chi connectivity index (χ0n) is 12.9. The van der Waals surface area contributed by atoms with Crippen LogP contribution in [0.25, 0.3) is 11.3 Å². The number of hydrogen-bond donors (Lipinski definition) is 1. The SMILES string of the molecule is C/C(=N\Nc1nc(-c2ccc(Cl)cc2)cs1)c1sc(C)nc1C. The van der Waals surface area contributed by atoms with Crippen LogP contribution >= 0.6 is 34.3 Å². The molecule has 0 saturated carbocycles. The Labute approximate surface area is 147 Å². The minimum Gasteiger partial charge on any atom is -0.252 e. The van der Waals surface area contributed by atoms with Crippen LogP contribution in [0.5, 0.6) is 0 Å². The molecule has 3 rings (SSSR count). The normalized spacial score (nSPS) is 11.7. The maximum atomic E-state index is 5.91. The maximum absolute atomic E-state index is 5.91. The van der Waals surface area contributed by atoms with Gasteiger partial charge in [0.05, 0.1) is 27.0 Å². The van der Waals surface area contributed by atoms with Crippen LogP contribution in [0, 0.1) is 13.8 Å². The summed E-state index contributed by atoms with van der Waals surface area (Å²) in [6, 6.07) is 7.64. The van der Waals surface area contributed by atoms with Crippen molar-refractivity contribution in [1.29, 1.82) is 0 Å². The molecule has 2 aromatic heterocycles. The molecule has 0 radical (unpaired) electrons. The van der Waals surface area contributed by atoms with Gasteiger partial charge in [-0.2, -0.15) is 5.10 Å². The van der Waals surface area contributed by atoms with Crippen molar-refractivity contribution < 1.29 is 0 Å². The van der Waals surface area contributed by atoms with Crippen molar-refractivity contribution in [1.82, 2.24) is 9.97 Å². The van der Waals surface area contributed by atoms with Crippen molar-refractivity contribution in [2.75, 3.05) is 5.43 Å². The first kappa shape index (κ1) is 16.1. The van der Waals surface area contributed by atoms with Gasteiger partial charge in [0.2, 0.25) is 5.13 Å². The molecule has 0 bridgehead atoms. The second-order valence-electron chi connectivity index (χ2n) is 5.00. The summed E-state index contributed by atoms with van der Waals surface area (Å²) in [6.07, 6.45) is 0. The molecule has 0 saturated heterocycles. The Kier molecular flexibility index (Phi) is 4.75. The lowest BCUT2D eigenvalue weighted by Crippen LogP contribution is -1.99. The van der Waals surface area contributed by atoms with E-state index in [-0.39, 0.29) is 0 Å².